The lowest BCUT2D eigenvalue weighted by molar-refractivity contribution is -0.124. The van der Waals surface area contributed by atoms with Crippen molar-refractivity contribution in [3.8, 4) is 0 Å². The highest BCUT2D eigenvalue weighted by molar-refractivity contribution is 7.99. The second-order valence-corrected chi connectivity index (χ2v) is 7.53. The van der Waals surface area contributed by atoms with Crippen molar-refractivity contribution in [3.05, 3.63) is 0 Å². The van der Waals surface area contributed by atoms with E-state index in [4.69, 9.17) is 10.5 Å². The lowest BCUT2D eigenvalue weighted by atomic mass is 9.96. The molecule has 2 aliphatic carbocycles. The summed E-state index contributed by atoms with van der Waals surface area (Å²) in [5.74, 6) is 0.919. The second kappa shape index (κ2) is 5.62. The summed E-state index contributed by atoms with van der Waals surface area (Å²) in [4.78, 5) is 11.8. The Bertz CT molecular complexity index is 342. The number of primary amides is 1. The van der Waals surface area contributed by atoms with E-state index >= 15 is 0 Å². The van der Waals surface area contributed by atoms with Gasteiger partial charge in [-0.15, -0.1) is 0 Å². The first-order valence-electron chi connectivity index (χ1n) is 7.49. The van der Waals surface area contributed by atoms with E-state index in [-0.39, 0.29) is 5.91 Å². The summed E-state index contributed by atoms with van der Waals surface area (Å²) < 4.78 is 5.66. The first-order chi connectivity index (χ1) is 9.18. The Morgan fingerprint density at radius 3 is 2.84 bits per heavy atom. The van der Waals surface area contributed by atoms with Crippen LogP contribution in [0.25, 0.3) is 0 Å². The van der Waals surface area contributed by atoms with E-state index in [1.54, 1.807) is 0 Å². The number of amides is 1. The van der Waals surface area contributed by atoms with Crippen LogP contribution in [0.15, 0.2) is 0 Å². The zero-order valence-corrected chi connectivity index (χ0v) is 12.2. The van der Waals surface area contributed by atoms with Crippen molar-refractivity contribution in [1.82, 2.24) is 5.32 Å². The van der Waals surface area contributed by atoms with Gasteiger partial charge in [0.05, 0.1) is 11.6 Å². The molecule has 0 aromatic heterocycles. The number of thioether (sulfide) groups is 1. The van der Waals surface area contributed by atoms with E-state index in [0.29, 0.717) is 17.4 Å². The minimum absolute atomic E-state index is 0.153. The fourth-order valence-electron chi connectivity index (χ4n) is 3.21. The van der Waals surface area contributed by atoms with Crippen LogP contribution in [-0.2, 0) is 9.53 Å². The van der Waals surface area contributed by atoms with Gasteiger partial charge in [-0.3, -0.25) is 4.79 Å². The minimum atomic E-state index is -0.421. The Hall–Kier alpha value is -0.260. The molecule has 3 atom stereocenters. The Balaban J connectivity index is 1.50. The fourth-order valence-corrected chi connectivity index (χ4v) is 4.64. The number of nitrogens with two attached hydrogens (primary N) is 1. The Kier molecular flexibility index (Phi) is 4.06. The maximum absolute atomic E-state index is 11.8. The second-order valence-electron chi connectivity index (χ2n) is 6.20. The number of carbonyl (C=O) groups is 1. The molecule has 0 radical (unpaired) electrons. The van der Waals surface area contributed by atoms with E-state index in [9.17, 15) is 4.79 Å². The molecule has 4 nitrogen and oxygen atoms in total. The molecule has 108 valence electrons. The first kappa shape index (κ1) is 13.7. The van der Waals surface area contributed by atoms with Crippen LogP contribution in [0.4, 0.5) is 0 Å². The first-order valence-corrected chi connectivity index (χ1v) is 8.54. The predicted molar refractivity (Wildman–Crippen MR) is 77.2 cm³/mol. The molecule has 0 aromatic rings. The molecular weight excluding hydrogens is 260 g/mol. The molecule has 3 N–H and O–H groups in total. The highest BCUT2D eigenvalue weighted by Gasteiger charge is 2.46. The van der Waals surface area contributed by atoms with Crippen LogP contribution in [-0.4, -0.2) is 41.2 Å². The molecule has 0 spiro atoms. The number of hydrogen-bond donors (Lipinski definition) is 2. The van der Waals surface area contributed by atoms with Crippen molar-refractivity contribution in [2.24, 2.45) is 5.73 Å². The Morgan fingerprint density at radius 1 is 1.37 bits per heavy atom. The highest BCUT2D eigenvalue weighted by Crippen LogP contribution is 2.40. The van der Waals surface area contributed by atoms with Gasteiger partial charge in [0, 0.05) is 23.7 Å². The lowest BCUT2D eigenvalue weighted by Gasteiger charge is -2.27. The van der Waals surface area contributed by atoms with Gasteiger partial charge in [-0.2, -0.15) is 11.8 Å². The molecule has 1 saturated heterocycles. The summed E-state index contributed by atoms with van der Waals surface area (Å²) >= 11 is 1.98. The van der Waals surface area contributed by atoms with Gasteiger partial charge in [0.25, 0.3) is 0 Å². The van der Waals surface area contributed by atoms with Gasteiger partial charge in [-0.1, -0.05) is 0 Å². The number of nitrogens with one attached hydrogen (secondary N) is 1. The normalized spacial score (nSPS) is 38.7. The van der Waals surface area contributed by atoms with Gasteiger partial charge in [-0.25, -0.2) is 0 Å². The largest absolute Gasteiger partial charge is 0.377 e. The zero-order valence-electron chi connectivity index (χ0n) is 11.4. The maximum atomic E-state index is 11.8. The number of ether oxygens (including phenoxy) is 1. The third-order valence-electron chi connectivity index (χ3n) is 4.54. The summed E-state index contributed by atoms with van der Waals surface area (Å²) in [6.45, 7) is 0.921. The third kappa shape index (κ3) is 3.26. The van der Waals surface area contributed by atoms with Crippen molar-refractivity contribution in [1.29, 1.82) is 0 Å². The molecule has 2 saturated carbocycles. The van der Waals surface area contributed by atoms with E-state index in [1.165, 1.54) is 25.7 Å². The third-order valence-corrected chi connectivity index (χ3v) is 5.98. The van der Waals surface area contributed by atoms with Crippen molar-refractivity contribution in [2.75, 3.05) is 12.4 Å². The van der Waals surface area contributed by atoms with Crippen LogP contribution < -0.4 is 11.1 Å². The van der Waals surface area contributed by atoms with Gasteiger partial charge >= 0.3 is 0 Å². The lowest BCUT2D eigenvalue weighted by Crippen LogP contribution is -2.54. The molecule has 3 unspecified atom stereocenters. The van der Waals surface area contributed by atoms with Crippen molar-refractivity contribution >= 4 is 17.7 Å². The van der Waals surface area contributed by atoms with E-state index < -0.39 is 5.54 Å². The number of rotatable bonds is 6. The van der Waals surface area contributed by atoms with Gasteiger partial charge in [0.2, 0.25) is 5.91 Å². The highest BCUT2D eigenvalue weighted by atomic mass is 32.2. The molecule has 3 rings (SSSR count). The minimum Gasteiger partial charge on any atom is -0.377 e. The average molecular weight is 284 g/mol. The smallest absolute Gasteiger partial charge is 0.237 e. The molecule has 0 aromatic carbocycles. The van der Waals surface area contributed by atoms with E-state index in [2.05, 4.69) is 5.32 Å². The summed E-state index contributed by atoms with van der Waals surface area (Å²) in [5.41, 5.74) is 5.23. The Morgan fingerprint density at radius 2 is 2.21 bits per heavy atom. The molecule has 3 fully saturated rings. The van der Waals surface area contributed by atoms with E-state index in [1.807, 2.05) is 11.8 Å². The monoisotopic (exact) mass is 284 g/mol. The SMILES string of the molecule is NC(=O)C1(NC2CC2)CCC(SCC2CCCO2)C1. The molecule has 5 heteroatoms. The fraction of sp³-hybridized carbons (Fsp3) is 0.929. The van der Waals surface area contributed by atoms with Gasteiger partial charge in [0.15, 0.2) is 0 Å². The van der Waals surface area contributed by atoms with E-state index in [0.717, 1.165) is 31.6 Å². The number of hydrogen-bond acceptors (Lipinski definition) is 4. The van der Waals surface area contributed by atoms with Gasteiger partial charge in [0.1, 0.15) is 0 Å². The van der Waals surface area contributed by atoms with Crippen LogP contribution in [0.1, 0.15) is 44.9 Å². The van der Waals surface area contributed by atoms with Crippen LogP contribution in [0.3, 0.4) is 0 Å². The van der Waals surface area contributed by atoms with Gasteiger partial charge in [-0.05, 0) is 44.9 Å². The molecular formula is C14H24N2O2S. The van der Waals surface area contributed by atoms with Crippen molar-refractivity contribution < 1.29 is 9.53 Å². The summed E-state index contributed by atoms with van der Waals surface area (Å²) in [7, 11) is 0. The molecule has 1 aliphatic heterocycles. The Labute approximate surface area is 119 Å². The standard InChI is InChI=1S/C14H24N2O2S/c15-13(17)14(16-10-3-4-10)6-5-12(8-14)19-9-11-2-1-7-18-11/h10-12,16H,1-9H2,(H2,15,17). The topological polar surface area (TPSA) is 64.4 Å². The quantitative estimate of drug-likeness (QED) is 0.774. The van der Waals surface area contributed by atoms with Crippen molar-refractivity contribution in [3.63, 3.8) is 0 Å². The van der Waals surface area contributed by atoms with Crippen LogP contribution in [0.5, 0.6) is 0 Å². The maximum Gasteiger partial charge on any atom is 0.237 e. The van der Waals surface area contributed by atoms with Crippen molar-refractivity contribution in [2.45, 2.75) is 67.9 Å². The van der Waals surface area contributed by atoms with Gasteiger partial charge < -0.3 is 15.8 Å². The summed E-state index contributed by atoms with van der Waals surface area (Å²) in [6.07, 6.45) is 8.12. The molecule has 1 amide bonds. The molecule has 0 bridgehead atoms. The van der Waals surface area contributed by atoms with Crippen LogP contribution in [0, 0.1) is 0 Å². The molecule has 1 heterocycles. The predicted octanol–water partition coefficient (Wildman–Crippen LogP) is 1.43. The van der Waals surface area contributed by atoms with Crippen LogP contribution in [0.2, 0.25) is 0 Å². The van der Waals surface area contributed by atoms with Crippen LogP contribution >= 0.6 is 11.8 Å². The summed E-state index contributed by atoms with van der Waals surface area (Å²) in [5, 5.41) is 4.06. The average Bonchev–Trinajstić information content (AvgIpc) is 2.91. The molecule has 19 heavy (non-hydrogen) atoms. The zero-order chi connectivity index (χ0) is 13.3. The number of carbonyl (C=O) groups excluding carboxylic acids is 1. The molecule has 3 aliphatic rings. The summed E-state index contributed by atoms with van der Waals surface area (Å²) in [6, 6.07) is 0.536.